The molecule has 0 bridgehead atoms. The molecule has 130 valence electrons. The standard InChI is InChI=1S/C19H18N6O/c1-2-17-20-4-6-24(17)10-13(1)15-3-5-25-16(15)9-21-18(23-25)22-14-7-19(8-14)11-26-12-19/h1-6,9-10,14H,7-8,11-12H2,(H,22,23). The third-order valence-electron chi connectivity index (χ3n) is 5.63. The Hall–Kier alpha value is -2.93. The van der Waals surface area contributed by atoms with Gasteiger partial charge in [0, 0.05) is 47.4 Å². The fourth-order valence-corrected chi connectivity index (χ4v) is 4.19. The number of pyridine rings is 1. The number of imidazole rings is 1. The first-order valence-electron chi connectivity index (χ1n) is 8.90. The second kappa shape index (κ2) is 5.04. The highest BCUT2D eigenvalue weighted by Gasteiger charge is 2.49. The number of nitrogens with one attached hydrogen (secondary N) is 1. The van der Waals surface area contributed by atoms with Crippen LogP contribution in [-0.4, -0.2) is 43.2 Å². The van der Waals surface area contributed by atoms with Crippen molar-refractivity contribution in [2.45, 2.75) is 18.9 Å². The highest BCUT2D eigenvalue weighted by atomic mass is 16.5. The van der Waals surface area contributed by atoms with Crippen molar-refractivity contribution in [3.05, 3.63) is 49.2 Å². The van der Waals surface area contributed by atoms with Gasteiger partial charge in [-0.1, -0.05) is 0 Å². The summed E-state index contributed by atoms with van der Waals surface area (Å²) in [6.07, 6.45) is 12.0. The molecule has 0 radical (unpaired) electrons. The molecule has 0 atom stereocenters. The van der Waals surface area contributed by atoms with E-state index in [9.17, 15) is 0 Å². The van der Waals surface area contributed by atoms with Gasteiger partial charge in [0.25, 0.3) is 0 Å². The SMILES string of the molecule is c1cn2cc(-c3ccn4nc(NC5CC6(COC6)C5)ncc34)ccc2n1. The fourth-order valence-electron chi connectivity index (χ4n) is 4.19. The van der Waals surface area contributed by atoms with E-state index in [2.05, 4.69) is 38.7 Å². The number of hydrogen-bond acceptors (Lipinski definition) is 5. The zero-order valence-electron chi connectivity index (χ0n) is 14.2. The minimum absolute atomic E-state index is 0.439. The Kier molecular flexibility index (Phi) is 2.77. The molecule has 5 heterocycles. The first-order valence-corrected chi connectivity index (χ1v) is 8.90. The molecule has 7 heteroatoms. The number of fused-ring (bicyclic) bond motifs is 2. The predicted molar refractivity (Wildman–Crippen MR) is 97.1 cm³/mol. The van der Waals surface area contributed by atoms with Crippen molar-refractivity contribution in [2.75, 3.05) is 18.5 Å². The van der Waals surface area contributed by atoms with Gasteiger partial charge < -0.3 is 14.5 Å². The van der Waals surface area contributed by atoms with E-state index in [0.29, 0.717) is 17.4 Å². The summed E-state index contributed by atoms with van der Waals surface area (Å²) >= 11 is 0. The van der Waals surface area contributed by atoms with E-state index in [0.717, 1.165) is 48.3 Å². The van der Waals surface area contributed by atoms with Gasteiger partial charge in [-0.2, -0.15) is 0 Å². The zero-order chi connectivity index (χ0) is 17.1. The van der Waals surface area contributed by atoms with Gasteiger partial charge in [0.15, 0.2) is 0 Å². The molecular weight excluding hydrogens is 328 g/mol. The normalized spacial score (nSPS) is 18.9. The first-order chi connectivity index (χ1) is 12.8. The number of aromatic nitrogens is 5. The molecule has 2 fully saturated rings. The van der Waals surface area contributed by atoms with Crippen LogP contribution in [-0.2, 0) is 4.74 Å². The Bertz CT molecular complexity index is 1120. The molecule has 4 aromatic rings. The van der Waals surface area contributed by atoms with Crippen LogP contribution in [0.5, 0.6) is 0 Å². The summed E-state index contributed by atoms with van der Waals surface area (Å²) in [7, 11) is 0. The van der Waals surface area contributed by atoms with E-state index in [1.54, 1.807) is 6.20 Å². The van der Waals surface area contributed by atoms with Crippen LogP contribution in [0.3, 0.4) is 0 Å². The summed E-state index contributed by atoms with van der Waals surface area (Å²) in [5, 5.41) is 8.08. The maximum absolute atomic E-state index is 5.33. The maximum Gasteiger partial charge on any atom is 0.241 e. The third kappa shape index (κ3) is 2.07. The molecule has 0 amide bonds. The molecule has 2 aliphatic rings. The van der Waals surface area contributed by atoms with Gasteiger partial charge >= 0.3 is 0 Å². The van der Waals surface area contributed by atoms with Crippen LogP contribution >= 0.6 is 0 Å². The summed E-state index contributed by atoms with van der Waals surface area (Å²) in [4.78, 5) is 8.83. The first kappa shape index (κ1) is 14.3. The van der Waals surface area contributed by atoms with Crippen LogP contribution in [0.4, 0.5) is 5.95 Å². The number of nitrogens with zero attached hydrogens (tertiary/aromatic N) is 5. The number of hydrogen-bond donors (Lipinski definition) is 1. The molecule has 7 nitrogen and oxygen atoms in total. The highest BCUT2D eigenvalue weighted by Crippen LogP contribution is 2.47. The van der Waals surface area contributed by atoms with Gasteiger partial charge in [-0.25, -0.2) is 14.5 Å². The summed E-state index contributed by atoms with van der Waals surface area (Å²) in [5.41, 5.74) is 4.60. The van der Waals surface area contributed by atoms with Crippen LogP contribution in [0.1, 0.15) is 12.8 Å². The van der Waals surface area contributed by atoms with Crippen molar-refractivity contribution < 1.29 is 4.74 Å². The molecule has 1 saturated carbocycles. The van der Waals surface area contributed by atoms with Crippen LogP contribution < -0.4 is 5.32 Å². The lowest BCUT2D eigenvalue weighted by Gasteiger charge is -2.53. The van der Waals surface area contributed by atoms with E-state index in [4.69, 9.17) is 4.74 Å². The Balaban J connectivity index is 1.29. The van der Waals surface area contributed by atoms with Gasteiger partial charge in [0.05, 0.1) is 24.9 Å². The minimum Gasteiger partial charge on any atom is -0.380 e. The third-order valence-corrected chi connectivity index (χ3v) is 5.63. The summed E-state index contributed by atoms with van der Waals surface area (Å²) in [6.45, 7) is 1.82. The average molecular weight is 346 g/mol. The Labute approximate surface area is 149 Å². The molecule has 1 saturated heterocycles. The predicted octanol–water partition coefficient (Wildman–Crippen LogP) is 2.63. The van der Waals surface area contributed by atoms with E-state index < -0.39 is 0 Å². The van der Waals surface area contributed by atoms with Gasteiger partial charge in [0.1, 0.15) is 5.65 Å². The molecule has 1 spiro atoms. The van der Waals surface area contributed by atoms with Crippen LogP contribution in [0.25, 0.3) is 22.3 Å². The van der Waals surface area contributed by atoms with Gasteiger partial charge in [-0.15, -0.1) is 5.10 Å². The second-order valence-electron chi connectivity index (χ2n) is 7.49. The van der Waals surface area contributed by atoms with Crippen molar-refractivity contribution in [3.63, 3.8) is 0 Å². The van der Waals surface area contributed by atoms with Crippen LogP contribution in [0, 0.1) is 5.41 Å². The van der Waals surface area contributed by atoms with Gasteiger partial charge in [-0.3, -0.25) is 0 Å². The monoisotopic (exact) mass is 346 g/mol. The summed E-state index contributed by atoms with van der Waals surface area (Å²) < 4.78 is 9.25. The molecular formula is C19H18N6O. The van der Waals surface area contributed by atoms with Gasteiger partial charge in [0.2, 0.25) is 5.95 Å². The largest absolute Gasteiger partial charge is 0.380 e. The van der Waals surface area contributed by atoms with E-state index in [1.165, 1.54) is 0 Å². The van der Waals surface area contributed by atoms with Gasteiger partial charge in [-0.05, 0) is 31.0 Å². The van der Waals surface area contributed by atoms with Crippen molar-refractivity contribution in [3.8, 4) is 11.1 Å². The molecule has 4 aromatic heterocycles. The molecule has 1 aliphatic heterocycles. The lowest BCUT2D eigenvalue weighted by Crippen LogP contribution is -2.56. The van der Waals surface area contributed by atoms with E-state index in [1.807, 2.05) is 33.6 Å². The quantitative estimate of drug-likeness (QED) is 0.618. The molecule has 26 heavy (non-hydrogen) atoms. The Morgan fingerprint density at radius 2 is 2.04 bits per heavy atom. The average Bonchev–Trinajstić information content (AvgIpc) is 3.21. The molecule has 1 aliphatic carbocycles. The Morgan fingerprint density at radius 1 is 1.12 bits per heavy atom. The highest BCUT2D eigenvalue weighted by molar-refractivity contribution is 5.80. The van der Waals surface area contributed by atoms with Crippen molar-refractivity contribution in [1.29, 1.82) is 0 Å². The summed E-state index contributed by atoms with van der Waals surface area (Å²) in [6, 6.07) is 6.63. The van der Waals surface area contributed by atoms with Crippen molar-refractivity contribution >= 4 is 17.1 Å². The molecule has 0 aromatic carbocycles. The zero-order valence-corrected chi connectivity index (χ0v) is 14.2. The Morgan fingerprint density at radius 3 is 2.88 bits per heavy atom. The van der Waals surface area contributed by atoms with Crippen molar-refractivity contribution in [1.82, 2.24) is 24.0 Å². The van der Waals surface area contributed by atoms with Crippen molar-refractivity contribution in [2.24, 2.45) is 5.41 Å². The molecule has 6 rings (SSSR count). The lowest BCUT2D eigenvalue weighted by molar-refractivity contribution is -0.160. The number of ether oxygens (including phenoxy) is 1. The molecule has 0 unspecified atom stereocenters. The van der Waals surface area contributed by atoms with E-state index in [-0.39, 0.29) is 0 Å². The smallest absolute Gasteiger partial charge is 0.241 e. The topological polar surface area (TPSA) is 68.8 Å². The van der Waals surface area contributed by atoms with E-state index >= 15 is 0 Å². The second-order valence-corrected chi connectivity index (χ2v) is 7.49. The molecule has 1 N–H and O–H groups in total. The maximum atomic E-state index is 5.33. The lowest BCUT2D eigenvalue weighted by atomic mass is 9.64. The van der Waals surface area contributed by atoms with Crippen LogP contribution in [0.15, 0.2) is 49.2 Å². The minimum atomic E-state index is 0.439. The number of anilines is 1. The van der Waals surface area contributed by atoms with Crippen LogP contribution in [0.2, 0.25) is 0 Å². The summed E-state index contributed by atoms with van der Waals surface area (Å²) in [5.74, 6) is 0.685. The fraction of sp³-hybridized carbons (Fsp3) is 0.316. The number of rotatable bonds is 3.